The van der Waals surface area contributed by atoms with Crippen molar-refractivity contribution in [3.63, 3.8) is 0 Å². The average Bonchev–Trinajstić information content (AvgIpc) is 2.29. The van der Waals surface area contributed by atoms with Crippen molar-refractivity contribution in [1.29, 1.82) is 0 Å². The molecule has 1 heterocycles. The molecule has 106 valence electrons. The molecule has 0 aliphatic carbocycles. The predicted octanol–water partition coefficient (Wildman–Crippen LogP) is -1.21. The molecule has 1 N–H and O–H groups in total. The van der Waals surface area contributed by atoms with Gasteiger partial charge in [0.2, 0.25) is 0 Å². The number of rotatable bonds is 7. The number of aromatic nitrogens is 2. The number of nitro groups is 1. The van der Waals surface area contributed by atoms with E-state index >= 15 is 0 Å². The Morgan fingerprint density at radius 3 is 2.74 bits per heavy atom. The fraction of sp³-hybridized carbons (Fsp3) is 0.556. The van der Waals surface area contributed by atoms with Gasteiger partial charge in [0.15, 0.2) is 0 Å². The van der Waals surface area contributed by atoms with Crippen LogP contribution in [0.3, 0.4) is 0 Å². The zero-order chi connectivity index (χ0) is 14.5. The molecule has 10 heteroatoms. The maximum absolute atomic E-state index is 11.3. The fourth-order valence-corrected chi connectivity index (χ4v) is 1.80. The molecule has 1 aromatic heterocycles. The smallest absolute Gasteiger partial charge is 0.314 e. The van der Waals surface area contributed by atoms with Gasteiger partial charge in [-0.15, -0.1) is 0 Å². The first kappa shape index (κ1) is 15.2. The Morgan fingerprint density at radius 2 is 2.16 bits per heavy atom. The fourth-order valence-electron chi connectivity index (χ4n) is 1.28. The topological polar surface area (TPSA) is 124 Å². The van der Waals surface area contributed by atoms with E-state index in [9.17, 15) is 23.3 Å². The van der Waals surface area contributed by atoms with E-state index in [0.29, 0.717) is 6.54 Å². The number of sulfone groups is 1. The summed E-state index contributed by atoms with van der Waals surface area (Å²) in [4.78, 5) is 24.6. The van der Waals surface area contributed by atoms with Crippen LogP contribution >= 0.6 is 0 Å². The summed E-state index contributed by atoms with van der Waals surface area (Å²) < 4.78 is 22.8. The van der Waals surface area contributed by atoms with Crippen LogP contribution in [-0.2, 0) is 16.4 Å². The minimum atomic E-state index is -3.03. The average molecular weight is 290 g/mol. The van der Waals surface area contributed by atoms with Crippen LogP contribution in [0.5, 0.6) is 0 Å². The Bertz CT molecular complexity index is 609. The zero-order valence-electron chi connectivity index (χ0n) is 10.3. The van der Waals surface area contributed by atoms with Gasteiger partial charge in [-0.1, -0.05) is 0 Å². The third-order valence-electron chi connectivity index (χ3n) is 2.23. The zero-order valence-corrected chi connectivity index (χ0v) is 11.1. The quantitative estimate of drug-likeness (QED) is 0.379. The van der Waals surface area contributed by atoms with Crippen molar-refractivity contribution in [2.45, 2.75) is 6.54 Å². The highest BCUT2D eigenvalue weighted by molar-refractivity contribution is 7.90. The number of nitrogens with zero attached hydrogens (tertiary/aromatic N) is 3. The Hall–Kier alpha value is -1.81. The summed E-state index contributed by atoms with van der Waals surface area (Å²) in [5.41, 5.74) is -0.855. The van der Waals surface area contributed by atoms with E-state index in [-0.39, 0.29) is 24.5 Å². The third-order valence-corrected chi connectivity index (χ3v) is 3.18. The van der Waals surface area contributed by atoms with Gasteiger partial charge in [0.05, 0.1) is 16.9 Å². The summed E-state index contributed by atoms with van der Waals surface area (Å²) in [5.74, 6) is -0.00487. The van der Waals surface area contributed by atoms with E-state index in [1.54, 1.807) is 0 Å². The molecule has 0 saturated carbocycles. The van der Waals surface area contributed by atoms with Crippen molar-refractivity contribution < 1.29 is 13.3 Å². The second-order valence-corrected chi connectivity index (χ2v) is 6.18. The summed E-state index contributed by atoms with van der Waals surface area (Å²) in [6, 6.07) is 0. The Balaban J connectivity index is 2.51. The molecule has 0 aromatic carbocycles. The van der Waals surface area contributed by atoms with Crippen molar-refractivity contribution in [2.24, 2.45) is 0 Å². The number of hydrogen-bond donors (Lipinski definition) is 1. The maximum Gasteiger partial charge on any atom is 0.348 e. The highest BCUT2D eigenvalue weighted by Crippen LogP contribution is 2.03. The van der Waals surface area contributed by atoms with E-state index < -0.39 is 20.5 Å². The minimum absolute atomic E-state index is 0.00487. The first-order valence-electron chi connectivity index (χ1n) is 5.39. The minimum Gasteiger partial charge on any atom is -0.314 e. The van der Waals surface area contributed by atoms with Gasteiger partial charge < -0.3 is 5.32 Å². The van der Waals surface area contributed by atoms with Crippen LogP contribution in [0.2, 0.25) is 0 Å². The molecule has 0 amide bonds. The van der Waals surface area contributed by atoms with Crippen LogP contribution < -0.4 is 11.0 Å². The molecule has 0 radical (unpaired) electrons. The molecule has 0 spiro atoms. The van der Waals surface area contributed by atoms with E-state index in [1.165, 1.54) is 0 Å². The Labute approximate surface area is 109 Å². The summed E-state index contributed by atoms with van der Waals surface area (Å²) in [6.45, 7) is 0.755. The second kappa shape index (κ2) is 6.38. The largest absolute Gasteiger partial charge is 0.348 e. The van der Waals surface area contributed by atoms with Gasteiger partial charge in [0, 0.05) is 25.9 Å². The molecule has 0 atom stereocenters. The lowest BCUT2D eigenvalue weighted by molar-refractivity contribution is -0.385. The molecular formula is C9H14N4O5S. The van der Waals surface area contributed by atoms with Gasteiger partial charge in [-0.3, -0.25) is 14.7 Å². The van der Waals surface area contributed by atoms with Gasteiger partial charge in [-0.05, 0) is 0 Å². The van der Waals surface area contributed by atoms with Gasteiger partial charge in [-0.25, -0.2) is 13.2 Å². The van der Waals surface area contributed by atoms with Crippen LogP contribution in [-0.4, -0.2) is 48.0 Å². The summed E-state index contributed by atoms with van der Waals surface area (Å²) in [6.07, 6.45) is 3.13. The standard InChI is InChI=1S/C9H14N4O5S/c1-19(17,18)5-3-10-2-4-12-7-8(13(15)16)6-11-9(12)14/h6-7,10H,2-5H2,1H3. The van der Waals surface area contributed by atoms with Crippen molar-refractivity contribution in [3.8, 4) is 0 Å². The molecule has 1 aromatic rings. The molecule has 0 aliphatic heterocycles. The molecule has 0 aliphatic rings. The monoisotopic (exact) mass is 290 g/mol. The first-order valence-corrected chi connectivity index (χ1v) is 7.45. The molecule has 0 fully saturated rings. The molecule has 0 unspecified atom stereocenters. The van der Waals surface area contributed by atoms with Crippen LogP contribution in [0, 0.1) is 10.1 Å². The summed E-state index contributed by atoms with van der Waals surface area (Å²) in [5, 5.41) is 13.3. The lowest BCUT2D eigenvalue weighted by Crippen LogP contribution is -2.30. The van der Waals surface area contributed by atoms with Crippen molar-refractivity contribution in [3.05, 3.63) is 33.0 Å². The number of nitrogens with one attached hydrogen (secondary N) is 1. The van der Waals surface area contributed by atoms with Crippen molar-refractivity contribution in [2.75, 3.05) is 25.1 Å². The SMILES string of the molecule is CS(=O)(=O)CCNCCn1cc([N+](=O)[O-])cnc1=O. The normalized spacial score (nSPS) is 11.4. The molecular weight excluding hydrogens is 276 g/mol. The van der Waals surface area contributed by atoms with Crippen LogP contribution in [0.25, 0.3) is 0 Å². The van der Waals surface area contributed by atoms with Crippen LogP contribution in [0.15, 0.2) is 17.2 Å². The summed E-state index contributed by atoms with van der Waals surface area (Å²) >= 11 is 0. The highest BCUT2D eigenvalue weighted by atomic mass is 32.2. The van der Waals surface area contributed by atoms with E-state index in [1.807, 2.05) is 0 Å². The summed E-state index contributed by atoms with van der Waals surface area (Å²) in [7, 11) is -3.03. The van der Waals surface area contributed by atoms with Gasteiger partial charge >= 0.3 is 11.4 Å². The predicted molar refractivity (Wildman–Crippen MR) is 67.7 cm³/mol. The van der Waals surface area contributed by atoms with Crippen molar-refractivity contribution >= 4 is 15.5 Å². The molecule has 0 saturated heterocycles. The molecule has 0 bridgehead atoms. The van der Waals surface area contributed by atoms with Gasteiger partial charge in [0.25, 0.3) is 0 Å². The highest BCUT2D eigenvalue weighted by Gasteiger charge is 2.08. The Kier molecular flexibility index (Phi) is 5.12. The van der Waals surface area contributed by atoms with Gasteiger partial charge in [-0.2, -0.15) is 4.98 Å². The van der Waals surface area contributed by atoms with Crippen LogP contribution in [0.4, 0.5) is 5.69 Å². The molecule has 1 rings (SSSR count). The Morgan fingerprint density at radius 1 is 1.47 bits per heavy atom. The van der Waals surface area contributed by atoms with E-state index in [4.69, 9.17) is 0 Å². The van der Waals surface area contributed by atoms with Gasteiger partial charge in [0.1, 0.15) is 16.0 Å². The van der Waals surface area contributed by atoms with E-state index in [0.717, 1.165) is 23.2 Å². The second-order valence-electron chi connectivity index (χ2n) is 3.93. The van der Waals surface area contributed by atoms with Crippen molar-refractivity contribution in [1.82, 2.24) is 14.9 Å². The number of hydrogen-bond acceptors (Lipinski definition) is 7. The lowest BCUT2D eigenvalue weighted by atomic mass is 10.5. The molecule has 19 heavy (non-hydrogen) atoms. The maximum atomic E-state index is 11.3. The first-order chi connectivity index (χ1) is 8.79. The van der Waals surface area contributed by atoms with E-state index in [2.05, 4.69) is 10.3 Å². The molecule has 9 nitrogen and oxygen atoms in total. The third kappa shape index (κ3) is 5.57. The lowest BCUT2D eigenvalue weighted by Gasteiger charge is -2.05. The van der Waals surface area contributed by atoms with Crippen LogP contribution in [0.1, 0.15) is 0 Å².